The minimum atomic E-state index is -4.41. The highest BCUT2D eigenvalue weighted by Gasteiger charge is 2.33. The molecule has 0 spiro atoms. The summed E-state index contributed by atoms with van der Waals surface area (Å²) in [6.45, 7) is 0. The van der Waals surface area contributed by atoms with Crippen LogP contribution < -0.4 is 0 Å². The van der Waals surface area contributed by atoms with Crippen LogP contribution in [0.25, 0.3) is 11.3 Å². The molecule has 2 aromatic rings. The largest absolute Gasteiger partial charge is 0.417 e. The van der Waals surface area contributed by atoms with Crippen molar-refractivity contribution in [2.24, 2.45) is 0 Å². The van der Waals surface area contributed by atoms with Crippen molar-refractivity contribution in [3.63, 3.8) is 0 Å². The van der Waals surface area contributed by atoms with Gasteiger partial charge >= 0.3 is 6.18 Å². The molecule has 0 fully saturated rings. The van der Waals surface area contributed by atoms with Crippen molar-refractivity contribution >= 4 is 11.6 Å². The molecule has 1 aromatic carbocycles. The zero-order valence-corrected chi connectivity index (χ0v) is 9.18. The molecule has 0 saturated heterocycles. The van der Waals surface area contributed by atoms with Gasteiger partial charge in [-0.25, -0.2) is 0 Å². The van der Waals surface area contributed by atoms with Gasteiger partial charge in [-0.15, -0.1) is 0 Å². The van der Waals surface area contributed by atoms with Gasteiger partial charge in [-0.2, -0.15) is 13.2 Å². The van der Waals surface area contributed by atoms with Crippen molar-refractivity contribution in [2.75, 3.05) is 0 Å². The van der Waals surface area contributed by atoms with E-state index in [1.165, 1.54) is 30.5 Å². The van der Waals surface area contributed by atoms with Crippen molar-refractivity contribution in [3.8, 4) is 11.3 Å². The maximum Gasteiger partial charge on any atom is 0.417 e. The summed E-state index contributed by atoms with van der Waals surface area (Å²) >= 11 is 5.61. The molecule has 0 amide bonds. The first-order chi connectivity index (χ1) is 7.98. The molecule has 87 valence electrons. The van der Waals surface area contributed by atoms with E-state index in [4.69, 9.17) is 11.6 Å². The van der Waals surface area contributed by atoms with Gasteiger partial charge < -0.3 is 0 Å². The maximum absolute atomic E-state index is 12.7. The van der Waals surface area contributed by atoms with E-state index in [0.29, 0.717) is 5.02 Å². The Labute approximate surface area is 101 Å². The minimum Gasteiger partial charge on any atom is -0.254 e. The molecule has 0 bridgehead atoms. The summed E-state index contributed by atoms with van der Waals surface area (Å²) < 4.78 is 38.2. The molecule has 1 nitrogen and oxygen atoms in total. The molecule has 0 atom stereocenters. The van der Waals surface area contributed by atoms with E-state index in [0.717, 1.165) is 6.07 Å². The average Bonchev–Trinajstić information content (AvgIpc) is 2.29. The number of halogens is 4. The molecule has 1 radical (unpaired) electrons. The number of alkyl halides is 3. The van der Waals surface area contributed by atoms with Gasteiger partial charge in [-0.05, 0) is 12.1 Å². The van der Waals surface area contributed by atoms with Crippen LogP contribution in [-0.2, 0) is 6.18 Å². The lowest BCUT2D eigenvalue weighted by Crippen LogP contribution is -2.07. The highest BCUT2D eigenvalue weighted by molar-refractivity contribution is 6.30. The third-order valence-electron chi connectivity index (χ3n) is 2.15. The molecule has 0 N–H and O–H groups in total. The van der Waals surface area contributed by atoms with E-state index < -0.39 is 11.7 Å². The Bertz CT molecular complexity index is 520. The van der Waals surface area contributed by atoms with Crippen LogP contribution in [-0.4, -0.2) is 4.98 Å². The standard InChI is InChI=1S/C12H6ClF3N/c13-8-5-6-11(17-7-8)9-3-1-2-4-10(9)12(14,15)16/h1-5,7H. The number of benzene rings is 1. The predicted octanol–water partition coefficient (Wildman–Crippen LogP) is 4.22. The summed E-state index contributed by atoms with van der Waals surface area (Å²) in [6, 6.07) is 9.24. The first kappa shape index (κ1) is 11.9. The second kappa shape index (κ2) is 4.37. The number of hydrogen-bond acceptors (Lipinski definition) is 1. The first-order valence-electron chi connectivity index (χ1n) is 4.68. The monoisotopic (exact) mass is 256 g/mol. The highest BCUT2D eigenvalue weighted by atomic mass is 35.5. The van der Waals surface area contributed by atoms with Crippen LogP contribution in [0.15, 0.2) is 36.5 Å². The van der Waals surface area contributed by atoms with Gasteiger partial charge in [0.25, 0.3) is 0 Å². The molecule has 2 rings (SSSR count). The predicted molar refractivity (Wildman–Crippen MR) is 58.5 cm³/mol. The molecule has 0 saturated carbocycles. The van der Waals surface area contributed by atoms with Gasteiger partial charge in [0.15, 0.2) is 0 Å². The Balaban J connectivity index is 2.56. The van der Waals surface area contributed by atoms with Gasteiger partial charge in [0.2, 0.25) is 0 Å². The Kier molecular flexibility index (Phi) is 3.07. The highest BCUT2D eigenvalue weighted by Crippen LogP contribution is 2.36. The quantitative estimate of drug-likeness (QED) is 0.744. The molecule has 0 unspecified atom stereocenters. The van der Waals surface area contributed by atoms with Gasteiger partial charge in [-0.3, -0.25) is 4.98 Å². The minimum absolute atomic E-state index is 0.00309. The van der Waals surface area contributed by atoms with E-state index in [-0.39, 0.29) is 11.3 Å². The lowest BCUT2D eigenvalue weighted by Gasteiger charge is -2.11. The van der Waals surface area contributed by atoms with Crippen LogP contribution in [0.1, 0.15) is 5.56 Å². The van der Waals surface area contributed by atoms with Crippen LogP contribution in [0.5, 0.6) is 0 Å². The van der Waals surface area contributed by atoms with E-state index in [1.54, 1.807) is 0 Å². The summed E-state index contributed by atoms with van der Waals surface area (Å²) in [5.74, 6) is 0. The van der Waals surface area contributed by atoms with Crippen molar-refractivity contribution in [2.45, 2.75) is 6.18 Å². The second-order valence-electron chi connectivity index (χ2n) is 3.32. The van der Waals surface area contributed by atoms with E-state index in [9.17, 15) is 13.2 Å². The zero-order valence-electron chi connectivity index (χ0n) is 8.42. The summed E-state index contributed by atoms with van der Waals surface area (Å²) in [7, 11) is 0. The summed E-state index contributed by atoms with van der Waals surface area (Å²) in [5, 5.41) is 0.332. The third-order valence-corrected chi connectivity index (χ3v) is 2.36. The number of nitrogens with zero attached hydrogens (tertiary/aromatic N) is 1. The van der Waals surface area contributed by atoms with Crippen LogP contribution >= 0.6 is 11.6 Å². The van der Waals surface area contributed by atoms with Gasteiger partial charge in [0, 0.05) is 17.8 Å². The first-order valence-corrected chi connectivity index (χ1v) is 5.06. The Morgan fingerprint density at radius 2 is 1.88 bits per heavy atom. The van der Waals surface area contributed by atoms with Crippen LogP contribution in [0.3, 0.4) is 0 Å². The number of pyridine rings is 1. The molecular weight excluding hydrogens is 251 g/mol. The normalized spacial score (nSPS) is 11.5. The second-order valence-corrected chi connectivity index (χ2v) is 3.76. The number of rotatable bonds is 1. The Morgan fingerprint density at radius 3 is 2.47 bits per heavy atom. The summed E-state index contributed by atoms with van der Waals surface area (Å²) in [6.07, 6.45) is -3.12. The van der Waals surface area contributed by atoms with Crippen LogP contribution in [0.2, 0.25) is 5.02 Å². The molecule has 1 aromatic heterocycles. The van der Waals surface area contributed by atoms with Crippen molar-refractivity contribution in [3.05, 3.63) is 53.2 Å². The third kappa shape index (κ3) is 2.58. The molecule has 5 heteroatoms. The van der Waals surface area contributed by atoms with Crippen molar-refractivity contribution < 1.29 is 13.2 Å². The fraction of sp³-hybridized carbons (Fsp3) is 0.0833. The van der Waals surface area contributed by atoms with Gasteiger partial charge in [0.05, 0.1) is 16.3 Å². The lowest BCUT2D eigenvalue weighted by molar-refractivity contribution is -0.137. The van der Waals surface area contributed by atoms with E-state index in [2.05, 4.69) is 11.1 Å². The molecule has 0 aliphatic rings. The number of hydrogen-bond donors (Lipinski definition) is 0. The summed E-state index contributed by atoms with van der Waals surface area (Å²) in [4.78, 5) is 3.84. The Hall–Kier alpha value is -1.55. The van der Waals surface area contributed by atoms with Crippen LogP contribution in [0, 0.1) is 6.07 Å². The number of aromatic nitrogens is 1. The summed E-state index contributed by atoms with van der Waals surface area (Å²) in [5.41, 5.74) is -0.606. The fourth-order valence-electron chi connectivity index (χ4n) is 1.42. The smallest absolute Gasteiger partial charge is 0.254 e. The SMILES string of the molecule is FC(F)(F)c1ccccc1-c1[c]cc(Cl)cn1. The van der Waals surface area contributed by atoms with Crippen molar-refractivity contribution in [1.29, 1.82) is 0 Å². The molecule has 0 aliphatic carbocycles. The molecule has 1 heterocycles. The Morgan fingerprint density at radius 1 is 1.18 bits per heavy atom. The van der Waals surface area contributed by atoms with Crippen molar-refractivity contribution in [1.82, 2.24) is 4.98 Å². The zero-order chi connectivity index (χ0) is 12.5. The van der Waals surface area contributed by atoms with Gasteiger partial charge in [-0.1, -0.05) is 29.8 Å². The fourth-order valence-corrected chi connectivity index (χ4v) is 1.53. The average molecular weight is 257 g/mol. The lowest BCUT2D eigenvalue weighted by atomic mass is 10.0. The maximum atomic E-state index is 12.7. The topological polar surface area (TPSA) is 12.9 Å². The molecular formula is C12H6ClF3N. The molecule has 0 aliphatic heterocycles. The van der Waals surface area contributed by atoms with E-state index in [1.807, 2.05) is 0 Å². The van der Waals surface area contributed by atoms with Gasteiger partial charge in [0.1, 0.15) is 0 Å². The van der Waals surface area contributed by atoms with Crippen LogP contribution in [0.4, 0.5) is 13.2 Å². The van der Waals surface area contributed by atoms with E-state index >= 15 is 0 Å². The molecule has 17 heavy (non-hydrogen) atoms.